The lowest BCUT2D eigenvalue weighted by Gasteiger charge is -2.29. The van der Waals surface area contributed by atoms with Gasteiger partial charge < -0.3 is 15.5 Å². The molecular formula is C15H21N3O2. The number of nitrogens with zero attached hydrogens (tertiary/aromatic N) is 1. The quantitative estimate of drug-likeness (QED) is 0.839. The van der Waals surface area contributed by atoms with Crippen LogP contribution in [0.25, 0.3) is 0 Å². The van der Waals surface area contributed by atoms with Gasteiger partial charge in [0.1, 0.15) is 6.04 Å². The second-order valence-electron chi connectivity index (χ2n) is 5.02. The number of carbonyl (C=O) groups excluding carboxylic acids is 2. The Balaban J connectivity index is 2.04. The largest absolute Gasteiger partial charge is 0.359 e. The van der Waals surface area contributed by atoms with Crippen LogP contribution in [0.3, 0.4) is 0 Å². The van der Waals surface area contributed by atoms with Gasteiger partial charge in [0, 0.05) is 33.6 Å². The van der Waals surface area contributed by atoms with Gasteiger partial charge in [-0.15, -0.1) is 0 Å². The highest BCUT2D eigenvalue weighted by Crippen LogP contribution is 2.24. The Morgan fingerprint density at radius 2 is 2.15 bits per heavy atom. The first-order valence-corrected chi connectivity index (χ1v) is 6.90. The third-order valence-electron chi connectivity index (χ3n) is 3.69. The number of fused-ring (bicyclic) bond motifs is 1. The van der Waals surface area contributed by atoms with Crippen LogP contribution in [0.5, 0.6) is 0 Å². The molecule has 0 spiro atoms. The Kier molecular flexibility index (Phi) is 4.74. The molecule has 1 aromatic carbocycles. The van der Waals surface area contributed by atoms with E-state index in [1.165, 1.54) is 5.56 Å². The minimum atomic E-state index is -0.297. The van der Waals surface area contributed by atoms with E-state index in [1.54, 1.807) is 19.0 Å². The fourth-order valence-corrected chi connectivity index (χ4v) is 2.45. The zero-order valence-corrected chi connectivity index (χ0v) is 12.0. The van der Waals surface area contributed by atoms with Crippen molar-refractivity contribution < 1.29 is 9.59 Å². The summed E-state index contributed by atoms with van der Waals surface area (Å²) >= 11 is 0. The Labute approximate surface area is 119 Å². The summed E-state index contributed by atoms with van der Waals surface area (Å²) < 4.78 is 0. The number of amides is 2. The molecule has 0 radical (unpaired) electrons. The molecule has 0 aromatic heterocycles. The lowest BCUT2D eigenvalue weighted by molar-refractivity contribution is -0.133. The average molecular weight is 275 g/mol. The van der Waals surface area contributed by atoms with E-state index in [0.29, 0.717) is 13.0 Å². The molecule has 0 bridgehead atoms. The fraction of sp³-hybridized carbons (Fsp3) is 0.467. The number of rotatable bonds is 4. The molecule has 1 atom stereocenters. The van der Waals surface area contributed by atoms with Gasteiger partial charge in [-0.25, -0.2) is 0 Å². The predicted octanol–water partition coefficient (Wildman–Crippen LogP) is 0.468. The Hall–Kier alpha value is -1.88. The minimum Gasteiger partial charge on any atom is -0.359 e. The normalized spacial score (nSPS) is 17.2. The third kappa shape index (κ3) is 3.17. The summed E-state index contributed by atoms with van der Waals surface area (Å²) in [4.78, 5) is 25.4. The molecule has 108 valence electrons. The van der Waals surface area contributed by atoms with Crippen molar-refractivity contribution in [2.24, 2.45) is 0 Å². The Morgan fingerprint density at radius 3 is 2.90 bits per heavy atom. The van der Waals surface area contributed by atoms with Crippen molar-refractivity contribution in [2.75, 3.05) is 27.2 Å². The van der Waals surface area contributed by atoms with Gasteiger partial charge in [0.25, 0.3) is 0 Å². The number of nitrogens with one attached hydrogen (secondary N) is 2. The first kappa shape index (κ1) is 14.5. The van der Waals surface area contributed by atoms with E-state index in [4.69, 9.17) is 0 Å². The van der Waals surface area contributed by atoms with Gasteiger partial charge in [-0.05, 0) is 17.5 Å². The number of carbonyl (C=O) groups is 2. The first-order chi connectivity index (χ1) is 9.63. The van der Waals surface area contributed by atoms with Crippen molar-refractivity contribution in [1.82, 2.24) is 15.5 Å². The predicted molar refractivity (Wildman–Crippen MR) is 77.2 cm³/mol. The monoisotopic (exact) mass is 275 g/mol. The van der Waals surface area contributed by atoms with Gasteiger partial charge in [0.05, 0.1) is 0 Å². The van der Waals surface area contributed by atoms with Crippen LogP contribution in [-0.4, -0.2) is 43.9 Å². The van der Waals surface area contributed by atoms with Crippen molar-refractivity contribution in [1.29, 1.82) is 0 Å². The summed E-state index contributed by atoms with van der Waals surface area (Å²) in [6, 6.07) is 7.73. The van der Waals surface area contributed by atoms with Crippen molar-refractivity contribution in [3.05, 3.63) is 35.4 Å². The second-order valence-corrected chi connectivity index (χ2v) is 5.02. The summed E-state index contributed by atoms with van der Waals surface area (Å²) in [5.41, 5.74) is 2.28. The van der Waals surface area contributed by atoms with Crippen LogP contribution >= 0.6 is 0 Å². The molecule has 2 rings (SSSR count). The number of hydrogen-bond acceptors (Lipinski definition) is 3. The second kappa shape index (κ2) is 6.52. The van der Waals surface area contributed by atoms with E-state index in [2.05, 4.69) is 16.7 Å². The molecule has 2 N–H and O–H groups in total. The van der Waals surface area contributed by atoms with Crippen LogP contribution in [0, 0.1) is 0 Å². The maximum atomic E-state index is 12.5. The van der Waals surface area contributed by atoms with Gasteiger partial charge in [0.15, 0.2) is 0 Å². The van der Waals surface area contributed by atoms with Crippen LogP contribution in [0.4, 0.5) is 0 Å². The van der Waals surface area contributed by atoms with E-state index < -0.39 is 0 Å². The zero-order chi connectivity index (χ0) is 14.5. The first-order valence-electron chi connectivity index (χ1n) is 6.90. The van der Waals surface area contributed by atoms with Crippen molar-refractivity contribution in [3.8, 4) is 0 Å². The van der Waals surface area contributed by atoms with Gasteiger partial charge in [-0.3, -0.25) is 9.59 Å². The Morgan fingerprint density at radius 1 is 1.40 bits per heavy atom. The van der Waals surface area contributed by atoms with E-state index in [0.717, 1.165) is 18.5 Å². The molecule has 0 fully saturated rings. The Bertz CT molecular complexity index is 502. The average Bonchev–Trinajstić information content (AvgIpc) is 2.50. The highest BCUT2D eigenvalue weighted by molar-refractivity contribution is 5.84. The molecule has 0 aliphatic carbocycles. The maximum absolute atomic E-state index is 12.5. The molecule has 1 aliphatic rings. The van der Waals surface area contributed by atoms with Gasteiger partial charge in [-0.1, -0.05) is 24.3 Å². The summed E-state index contributed by atoms with van der Waals surface area (Å²) in [5.74, 6) is -0.0392. The molecule has 20 heavy (non-hydrogen) atoms. The van der Waals surface area contributed by atoms with E-state index in [9.17, 15) is 9.59 Å². The molecular weight excluding hydrogens is 254 g/mol. The molecule has 1 unspecified atom stereocenters. The molecule has 0 saturated carbocycles. The van der Waals surface area contributed by atoms with Gasteiger partial charge in [0.2, 0.25) is 11.8 Å². The summed E-state index contributed by atoms with van der Waals surface area (Å²) in [6.45, 7) is 1.23. The van der Waals surface area contributed by atoms with Crippen LogP contribution < -0.4 is 10.6 Å². The molecule has 1 aromatic rings. The zero-order valence-electron chi connectivity index (χ0n) is 12.0. The van der Waals surface area contributed by atoms with Crippen molar-refractivity contribution >= 4 is 11.8 Å². The summed E-state index contributed by atoms with van der Waals surface area (Å²) in [7, 11) is 3.34. The van der Waals surface area contributed by atoms with E-state index >= 15 is 0 Å². The van der Waals surface area contributed by atoms with Gasteiger partial charge in [-0.2, -0.15) is 0 Å². The number of hydrogen-bond donors (Lipinski definition) is 2. The molecule has 0 saturated heterocycles. The SMILES string of the molecule is CNC(=O)CCN(C)C(=O)C1NCCc2ccccc21. The summed E-state index contributed by atoms with van der Waals surface area (Å²) in [6.07, 6.45) is 1.27. The highest BCUT2D eigenvalue weighted by Gasteiger charge is 2.27. The molecule has 2 amide bonds. The lowest BCUT2D eigenvalue weighted by Crippen LogP contribution is -2.43. The smallest absolute Gasteiger partial charge is 0.244 e. The van der Waals surface area contributed by atoms with Gasteiger partial charge >= 0.3 is 0 Å². The molecule has 1 aliphatic heterocycles. The van der Waals surface area contributed by atoms with Crippen molar-refractivity contribution in [3.63, 3.8) is 0 Å². The minimum absolute atomic E-state index is 0.0149. The van der Waals surface area contributed by atoms with Crippen molar-refractivity contribution in [2.45, 2.75) is 18.9 Å². The standard InChI is InChI=1S/C15H21N3O2/c1-16-13(19)8-10-18(2)15(20)14-12-6-4-3-5-11(12)7-9-17-14/h3-6,14,17H,7-10H2,1-2H3,(H,16,19). The molecule has 5 nitrogen and oxygen atoms in total. The maximum Gasteiger partial charge on any atom is 0.244 e. The number of benzene rings is 1. The topological polar surface area (TPSA) is 61.4 Å². The van der Waals surface area contributed by atoms with Crippen LogP contribution in [0.2, 0.25) is 0 Å². The third-order valence-corrected chi connectivity index (χ3v) is 3.69. The molecule has 1 heterocycles. The fourth-order valence-electron chi connectivity index (χ4n) is 2.45. The van der Waals surface area contributed by atoms with Crippen LogP contribution in [0.1, 0.15) is 23.6 Å². The van der Waals surface area contributed by atoms with E-state index in [1.807, 2.05) is 18.2 Å². The number of likely N-dealkylation sites (N-methyl/N-ethyl adjacent to an activating group) is 1. The van der Waals surface area contributed by atoms with Crippen LogP contribution in [-0.2, 0) is 16.0 Å². The summed E-state index contributed by atoms with van der Waals surface area (Å²) in [5, 5.41) is 5.83. The molecule has 5 heteroatoms. The van der Waals surface area contributed by atoms with E-state index in [-0.39, 0.29) is 17.9 Å². The highest BCUT2D eigenvalue weighted by atomic mass is 16.2. The lowest BCUT2D eigenvalue weighted by atomic mass is 9.93. The van der Waals surface area contributed by atoms with Crippen LogP contribution in [0.15, 0.2) is 24.3 Å².